The summed E-state index contributed by atoms with van der Waals surface area (Å²) in [4.78, 5) is 11.3. The molecule has 0 fully saturated rings. The van der Waals surface area contributed by atoms with Crippen molar-refractivity contribution < 1.29 is 9.53 Å². The largest absolute Gasteiger partial charge is 0.465 e. The fourth-order valence-corrected chi connectivity index (χ4v) is 2.08. The maximum Gasteiger partial charge on any atom is 0.315 e. The van der Waals surface area contributed by atoms with Gasteiger partial charge in [-0.3, -0.25) is 4.79 Å². The second-order valence-corrected chi connectivity index (χ2v) is 4.86. The Labute approximate surface area is 112 Å². The Morgan fingerprint density at radius 1 is 1.39 bits per heavy atom. The zero-order valence-corrected chi connectivity index (χ0v) is 11.3. The first kappa shape index (κ1) is 14.6. The van der Waals surface area contributed by atoms with Gasteiger partial charge in [0.2, 0.25) is 0 Å². The Hall–Kier alpha value is -1.47. The molecular weight excluding hydrogens is 246 g/mol. The number of thioether (sulfide) groups is 1. The van der Waals surface area contributed by atoms with Gasteiger partial charge in [0.15, 0.2) is 0 Å². The van der Waals surface area contributed by atoms with Crippen LogP contribution in [0.1, 0.15) is 30.9 Å². The number of carbonyl (C=O) groups is 1. The zero-order valence-electron chi connectivity index (χ0n) is 10.5. The second-order valence-electron chi connectivity index (χ2n) is 3.88. The molecule has 18 heavy (non-hydrogen) atoms. The van der Waals surface area contributed by atoms with E-state index in [1.54, 1.807) is 12.1 Å². The number of nitriles is 1. The molecule has 1 aromatic rings. The predicted molar refractivity (Wildman–Crippen MR) is 73.2 cm³/mol. The molecule has 0 heterocycles. The summed E-state index contributed by atoms with van der Waals surface area (Å²) in [7, 11) is 0. The number of nitrogens with zero attached hydrogens (tertiary/aromatic N) is 1. The molecule has 3 nitrogen and oxygen atoms in total. The number of rotatable bonds is 7. The molecular formula is C14H17NO2S. The van der Waals surface area contributed by atoms with Crippen molar-refractivity contribution in [1.29, 1.82) is 5.26 Å². The van der Waals surface area contributed by atoms with Crippen LogP contribution in [0.4, 0.5) is 0 Å². The average molecular weight is 263 g/mol. The summed E-state index contributed by atoms with van der Waals surface area (Å²) < 4.78 is 5.05. The molecule has 0 atom stereocenters. The Kier molecular flexibility index (Phi) is 6.97. The monoisotopic (exact) mass is 263 g/mol. The molecule has 1 aromatic carbocycles. The molecule has 96 valence electrons. The third kappa shape index (κ3) is 5.74. The Morgan fingerprint density at radius 3 is 2.72 bits per heavy atom. The highest BCUT2D eigenvalue weighted by Crippen LogP contribution is 2.13. The normalized spacial score (nSPS) is 9.78. The lowest BCUT2D eigenvalue weighted by Gasteiger charge is -2.04. The van der Waals surface area contributed by atoms with E-state index in [0.717, 1.165) is 24.2 Å². The number of carbonyl (C=O) groups excluding carboxylic acids is 1. The number of hydrogen-bond donors (Lipinski definition) is 0. The van der Waals surface area contributed by atoms with Gasteiger partial charge in [0.25, 0.3) is 0 Å². The minimum Gasteiger partial charge on any atom is -0.465 e. The third-order valence-electron chi connectivity index (χ3n) is 2.33. The standard InChI is InChI=1S/C14H17NO2S/c1-2-3-8-17-14(16)11-18-10-13-6-4-12(9-15)5-7-13/h4-7H,2-3,8,10-11H2,1H3. The van der Waals surface area contributed by atoms with Crippen LogP contribution in [0.2, 0.25) is 0 Å². The smallest absolute Gasteiger partial charge is 0.315 e. The van der Waals surface area contributed by atoms with E-state index < -0.39 is 0 Å². The summed E-state index contributed by atoms with van der Waals surface area (Å²) in [5.41, 5.74) is 1.77. The van der Waals surface area contributed by atoms with E-state index in [1.807, 2.05) is 12.1 Å². The van der Waals surface area contributed by atoms with Crippen molar-refractivity contribution in [3.63, 3.8) is 0 Å². The molecule has 0 aromatic heterocycles. The van der Waals surface area contributed by atoms with Crippen molar-refractivity contribution in [2.45, 2.75) is 25.5 Å². The van der Waals surface area contributed by atoms with Crippen LogP contribution in [0.25, 0.3) is 0 Å². The molecule has 0 saturated heterocycles. The maximum atomic E-state index is 11.3. The predicted octanol–water partition coefficient (Wildman–Crippen LogP) is 3.13. The van der Waals surface area contributed by atoms with E-state index in [-0.39, 0.29) is 5.97 Å². The molecule has 1 rings (SSSR count). The summed E-state index contributed by atoms with van der Waals surface area (Å²) in [6, 6.07) is 9.47. The second kappa shape index (κ2) is 8.60. The van der Waals surface area contributed by atoms with E-state index >= 15 is 0 Å². The van der Waals surface area contributed by atoms with Crippen LogP contribution in [0.15, 0.2) is 24.3 Å². The quantitative estimate of drug-likeness (QED) is 0.560. The van der Waals surface area contributed by atoms with Gasteiger partial charge in [-0.05, 0) is 24.1 Å². The van der Waals surface area contributed by atoms with Crippen LogP contribution in [0.3, 0.4) is 0 Å². The number of benzene rings is 1. The highest BCUT2D eigenvalue weighted by Gasteiger charge is 2.03. The Morgan fingerprint density at radius 2 is 2.11 bits per heavy atom. The van der Waals surface area contributed by atoms with Gasteiger partial charge in [-0.15, -0.1) is 11.8 Å². The van der Waals surface area contributed by atoms with Crippen LogP contribution >= 0.6 is 11.8 Å². The molecule has 0 aliphatic heterocycles. The molecule has 0 radical (unpaired) electrons. The Balaban J connectivity index is 2.20. The van der Waals surface area contributed by atoms with Crippen LogP contribution < -0.4 is 0 Å². The van der Waals surface area contributed by atoms with Gasteiger partial charge >= 0.3 is 5.97 Å². The first-order valence-corrected chi connectivity index (χ1v) is 7.14. The van der Waals surface area contributed by atoms with E-state index in [0.29, 0.717) is 17.9 Å². The molecule has 0 aliphatic carbocycles. The van der Waals surface area contributed by atoms with Gasteiger partial charge < -0.3 is 4.74 Å². The van der Waals surface area contributed by atoms with E-state index in [9.17, 15) is 4.79 Å². The van der Waals surface area contributed by atoms with Gasteiger partial charge in [-0.25, -0.2) is 0 Å². The lowest BCUT2D eigenvalue weighted by Crippen LogP contribution is -2.08. The zero-order chi connectivity index (χ0) is 13.2. The maximum absolute atomic E-state index is 11.3. The lowest BCUT2D eigenvalue weighted by molar-refractivity contribution is -0.140. The van der Waals surface area contributed by atoms with Crippen molar-refractivity contribution in [2.24, 2.45) is 0 Å². The van der Waals surface area contributed by atoms with Gasteiger partial charge in [0.05, 0.1) is 24.0 Å². The van der Waals surface area contributed by atoms with Gasteiger partial charge in [0, 0.05) is 5.75 Å². The van der Waals surface area contributed by atoms with E-state index in [4.69, 9.17) is 10.00 Å². The summed E-state index contributed by atoms with van der Waals surface area (Å²) in [6.45, 7) is 2.58. The van der Waals surface area contributed by atoms with Crippen molar-refractivity contribution in [3.05, 3.63) is 35.4 Å². The van der Waals surface area contributed by atoms with Crippen LogP contribution in [-0.2, 0) is 15.3 Å². The molecule has 0 aliphatic rings. The lowest BCUT2D eigenvalue weighted by atomic mass is 10.2. The number of ether oxygens (including phenoxy) is 1. The number of esters is 1. The van der Waals surface area contributed by atoms with Crippen LogP contribution in [-0.4, -0.2) is 18.3 Å². The molecule has 0 spiro atoms. The highest BCUT2D eigenvalue weighted by molar-refractivity contribution is 7.99. The Bertz CT molecular complexity index is 409. The summed E-state index contributed by atoms with van der Waals surface area (Å²) in [5.74, 6) is 0.986. The van der Waals surface area contributed by atoms with Crippen LogP contribution in [0.5, 0.6) is 0 Å². The topological polar surface area (TPSA) is 50.1 Å². The molecule has 4 heteroatoms. The fraction of sp³-hybridized carbons (Fsp3) is 0.429. The van der Waals surface area contributed by atoms with Crippen molar-refractivity contribution in [3.8, 4) is 6.07 Å². The fourth-order valence-electron chi connectivity index (χ4n) is 1.30. The third-order valence-corrected chi connectivity index (χ3v) is 3.31. The van der Waals surface area contributed by atoms with Gasteiger partial charge in [-0.2, -0.15) is 5.26 Å². The first-order chi connectivity index (χ1) is 8.76. The SMILES string of the molecule is CCCCOC(=O)CSCc1ccc(C#N)cc1. The van der Waals surface area contributed by atoms with Gasteiger partial charge in [0.1, 0.15) is 0 Å². The summed E-state index contributed by atoms with van der Waals surface area (Å²) in [6.07, 6.45) is 1.96. The van der Waals surface area contributed by atoms with Gasteiger partial charge in [-0.1, -0.05) is 25.5 Å². The molecule has 0 N–H and O–H groups in total. The summed E-state index contributed by atoms with van der Waals surface area (Å²) >= 11 is 1.53. The first-order valence-electron chi connectivity index (χ1n) is 5.98. The molecule has 0 unspecified atom stereocenters. The highest BCUT2D eigenvalue weighted by atomic mass is 32.2. The summed E-state index contributed by atoms with van der Waals surface area (Å²) in [5, 5.41) is 8.66. The minimum atomic E-state index is -0.151. The molecule has 0 saturated carbocycles. The van der Waals surface area contributed by atoms with Crippen molar-refractivity contribution in [1.82, 2.24) is 0 Å². The number of unbranched alkanes of at least 4 members (excludes halogenated alkanes) is 1. The van der Waals surface area contributed by atoms with Crippen LogP contribution in [0, 0.1) is 11.3 Å². The van der Waals surface area contributed by atoms with E-state index in [1.165, 1.54) is 11.8 Å². The number of hydrogen-bond acceptors (Lipinski definition) is 4. The van der Waals surface area contributed by atoms with Crippen molar-refractivity contribution >= 4 is 17.7 Å². The van der Waals surface area contributed by atoms with Crippen molar-refractivity contribution in [2.75, 3.05) is 12.4 Å². The molecule has 0 bridgehead atoms. The molecule has 0 amide bonds. The van der Waals surface area contributed by atoms with E-state index in [2.05, 4.69) is 13.0 Å². The minimum absolute atomic E-state index is 0.151. The average Bonchev–Trinajstić information content (AvgIpc) is 2.40.